The molecule has 2 aliphatic rings. The van der Waals surface area contributed by atoms with Crippen LogP contribution in [0.15, 0.2) is 18.2 Å². The van der Waals surface area contributed by atoms with Gasteiger partial charge < -0.3 is 9.84 Å². The molecule has 8 nitrogen and oxygen atoms in total. The van der Waals surface area contributed by atoms with E-state index < -0.39 is 28.0 Å². The lowest BCUT2D eigenvalue weighted by Gasteiger charge is -2.32. The zero-order valence-corrected chi connectivity index (χ0v) is 16.7. The predicted octanol–water partition coefficient (Wildman–Crippen LogP) is 0.845. The fraction of sp³-hybridized carbons (Fsp3) is 0.611. The van der Waals surface area contributed by atoms with E-state index in [1.165, 1.54) is 14.7 Å². The van der Waals surface area contributed by atoms with Crippen LogP contribution in [0.5, 0.6) is 0 Å². The van der Waals surface area contributed by atoms with E-state index in [4.69, 9.17) is 4.74 Å². The topological polar surface area (TPSA) is 90.4 Å². The van der Waals surface area contributed by atoms with Gasteiger partial charge in [0, 0.05) is 39.3 Å². The summed E-state index contributed by atoms with van der Waals surface area (Å²) in [6, 6.07) is 3.42. The smallest absolute Gasteiger partial charge is 0.325 e. The maximum atomic E-state index is 14.0. The van der Waals surface area contributed by atoms with Crippen LogP contribution in [0.2, 0.25) is 0 Å². The number of aryl methyl sites for hydroxylation is 1. The molecular formula is C18H26FN3O5S. The highest BCUT2D eigenvalue weighted by Crippen LogP contribution is 2.25. The minimum absolute atomic E-state index is 0.192. The summed E-state index contributed by atoms with van der Waals surface area (Å²) in [7, 11) is -3.60. The van der Waals surface area contributed by atoms with Gasteiger partial charge in [-0.25, -0.2) is 4.39 Å². The van der Waals surface area contributed by atoms with Crippen LogP contribution in [0.1, 0.15) is 23.6 Å². The zero-order chi connectivity index (χ0) is 20.3. The van der Waals surface area contributed by atoms with Gasteiger partial charge >= 0.3 is 5.97 Å². The maximum Gasteiger partial charge on any atom is 0.325 e. The molecule has 0 saturated carbocycles. The van der Waals surface area contributed by atoms with Crippen LogP contribution in [-0.2, 0) is 19.7 Å². The lowest BCUT2D eigenvalue weighted by atomic mass is 10.0. The van der Waals surface area contributed by atoms with Crippen molar-refractivity contribution in [3.05, 3.63) is 35.1 Å². The highest BCUT2D eigenvalue weighted by molar-refractivity contribution is 7.86. The Hall–Kier alpha value is -1.59. The van der Waals surface area contributed by atoms with E-state index in [1.807, 2.05) is 0 Å². The Kier molecular flexibility index (Phi) is 6.66. The first kappa shape index (κ1) is 21.1. The average molecular weight is 415 g/mol. The van der Waals surface area contributed by atoms with Crippen molar-refractivity contribution < 1.29 is 27.4 Å². The molecule has 1 unspecified atom stereocenters. The molecule has 156 valence electrons. The number of benzene rings is 1. The SMILES string of the molecule is Cc1ccc(C(C(=O)O)N2CCCN(S(=O)(=O)N3CCOCC3)CC2)cc1F. The van der Waals surface area contributed by atoms with Crippen LogP contribution < -0.4 is 0 Å². The molecule has 2 aliphatic heterocycles. The summed E-state index contributed by atoms with van der Waals surface area (Å²) < 4.78 is 47.7. The highest BCUT2D eigenvalue weighted by atomic mass is 32.2. The second kappa shape index (κ2) is 8.83. The summed E-state index contributed by atoms with van der Waals surface area (Å²) in [5, 5.41) is 9.74. The van der Waals surface area contributed by atoms with Gasteiger partial charge in [-0.3, -0.25) is 9.69 Å². The number of ether oxygens (including phenoxy) is 1. The lowest BCUT2D eigenvalue weighted by Crippen LogP contribution is -2.49. The van der Waals surface area contributed by atoms with E-state index in [2.05, 4.69) is 0 Å². The monoisotopic (exact) mass is 415 g/mol. The number of nitrogens with zero attached hydrogens (tertiary/aromatic N) is 3. The van der Waals surface area contributed by atoms with Crippen molar-refractivity contribution in [1.82, 2.24) is 13.5 Å². The summed E-state index contributed by atoms with van der Waals surface area (Å²) in [5.41, 5.74) is 0.812. The Morgan fingerprint density at radius 2 is 1.79 bits per heavy atom. The summed E-state index contributed by atoms with van der Waals surface area (Å²) >= 11 is 0. The van der Waals surface area contributed by atoms with Crippen LogP contribution >= 0.6 is 0 Å². The van der Waals surface area contributed by atoms with E-state index in [0.717, 1.165) is 0 Å². The number of hydrogen-bond donors (Lipinski definition) is 1. The highest BCUT2D eigenvalue weighted by Gasteiger charge is 2.35. The third kappa shape index (κ3) is 4.52. The van der Waals surface area contributed by atoms with Gasteiger partial charge in [0.05, 0.1) is 13.2 Å². The van der Waals surface area contributed by atoms with Gasteiger partial charge in [0.2, 0.25) is 0 Å². The lowest BCUT2D eigenvalue weighted by molar-refractivity contribution is -0.143. The van der Waals surface area contributed by atoms with Gasteiger partial charge in [-0.15, -0.1) is 0 Å². The minimum Gasteiger partial charge on any atom is -0.480 e. The van der Waals surface area contributed by atoms with Crippen molar-refractivity contribution in [2.45, 2.75) is 19.4 Å². The fourth-order valence-electron chi connectivity index (χ4n) is 3.63. The Balaban J connectivity index is 1.75. The first-order chi connectivity index (χ1) is 13.3. The molecule has 0 radical (unpaired) electrons. The van der Waals surface area contributed by atoms with Crippen molar-refractivity contribution in [2.75, 3.05) is 52.5 Å². The third-order valence-corrected chi connectivity index (χ3v) is 7.26. The number of carboxylic acid groups (broad SMARTS) is 1. The van der Waals surface area contributed by atoms with Gasteiger partial charge in [0.1, 0.15) is 11.9 Å². The molecule has 2 saturated heterocycles. The Bertz CT molecular complexity index is 813. The van der Waals surface area contributed by atoms with Gasteiger partial charge in [-0.1, -0.05) is 12.1 Å². The van der Waals surface area contributed by atoms with Crippen LogP contribution in [0, 0.1) is 12.7 Å². The Morgan fingerprint density at radius 3 is 2.43 bits per heavy atom. The van der Waals surface area contributed by atoms with Gasteiger partial charge in [-0.05, 0) is 30.5 Å². The third-order valence-electron chi connectivity index (χ3n) is 5.22. The predicted molar refractivity (Wildman–Crippen MR) is 101 cm³/mol. The number of carboxylic acids is 1. The maximum absolute atomic E-state index is 14.0. The number of halogens is 1. The largest absolute Gasteiger partial charge is 0.480 e. The molecule has 0 aromatic heterocycles. The molecule has 1 atom stereocenters. The molecule has 1 aromatic carbocycles. The molecule has 0 spiro atoms. The van der Waals surface area contributed by atoms with E-state index in [1.54, 1.807) is 24.0 Å². The average Bonchev–Trinajstić information content (AvgIpc) is 2.92. The second-order valence-electron chi connectivity index (χ2n) is 7.06. The van der Waals surface area contributed by atoms with E-state index in [-0.39, 0.29) is 13.1 Å². The van der Waals surface area contributed by atoms with E-state index in [0.29, 0.717) is 56.9 Å². The van der Waals surface area contributed by atoms with Gasteiger partial charge in [0.25, 0.3) is 10.2 Å². The van der Waals surface area contributed by atoms with Crippen molar-refractivity contribution in [3.8, 4) is 0 Å². The first-order valence-electron chi connectivity index (χ1n) is 9.36. The fourth-order valence-corrected chi connectivity index (χ4v) is 5.24. The molecule has 2 fully saturated rings. The van der Waals surface area contributed by atoms with Crippen molar-refractivity contribution in [3.63, 3.8) is 0 Å². The van der Waals surface area contributed by atoms with Crippen LogP contribution in [0.25, 0.3) is 0 Å². The standard InChI is InChI=1S/C18H26FN3O5S/c1-14-3-4-15(13-16(14)19)17(18(23)24)20-5-2-6-21(8-7-20)28(25,26)22-9-11-27-12-10-22/h3-4,13,17H,2,5-12H2,1H3,(H,23,24). The summed E-state index contributed by atoms with van der Waals surface area (Å²) in [4.78, 5) is 13.6. The van der Waals surface area contributed by atoms with Crippen LogP contribution in [0.3, 0.4) is 0 Å². The van der Waals surface area contributed by atoms with Gasteiger partial charge in [0.15, 0.2) is 0 Å². The number of aliphatic carboxylic acids is 1. The van der Waals surface area contributed by atoms with Crippen molar-refractivity contribution in [1.29, 1.82) is 0 Å². The number of rotatable bonds is 5. The van der Waals surface area contributed by atoms with Crippen LogP contribution in [0.4, 0.5) is 4.39 Å². The first-order valence-corrected chi connectivity index (χ1v) is 10.8. The summed E-state index contributed by atoms with van der Waals surface area (Å²) in [6.45, 7) is 4.21. The van der Waals surface area contributed by atoms with Crippen molar-refractivity contribution >= 4 is 16.2 Å². The number of morpholine rings is 1. The quantitative estimate of drug-likeness (QED) is 0.767. The minimum atomic E-state index is -3.60. The summed E-state index contributed by atoms with van der Waals surface area (Å²) in [5.74, 6) is -1.53. The Morgan fingerprint density at radius 1 is 1.11 bits per heavy atom. The number of hydrogen-bond acceptors (Lipinski definition) is 5. The molecule has 0 amide bonds. The molecule has 10 heteroatoms. The van der Waals surface area contributed by atoms with Crippen LogP contribution in [-0.4, -0.2) is 85.5 Å². The molecule has 3 rings (SSSR count). The molecule has 1 N–H and O–H groups in total. The molecule has 2 heterocycles. The molecule has 1 aromatic rings. The summed E-state index contributed by atoms with van der Waals surface area (Å²) in [6.07, 6.45) is 0.502. The molecular weight excluding hydrogens is 389 g/mol. The van der Waals surface area contributed by atoms with E-state index >= 15 is 0 Å². The van der Waals surface area contributed by atoms with Gasteiger partial charge in [-0.2, -0.15) is 17.0 Å². The molecule has 0 aliphatic carbocycles. The molecule has 28 heavy (non-hydrogen) atoms. The van der Waals surface area contributed by atoms with Crippen molar-refractivity contribution in [2.24, 2.45) is 0 Å². The normalized spacial score (nSPS) is 21.9. The zero-order valence-electron chi connectivity index (χ0n) is 15.9. The Labute approximate surface area is 164 Å². The second-order valence-corrected chi connectivity index (χ2v) is 8.99. The molecule has 0 bridgehead atoms. The van der Waals surface area contributed by atoms with E-state index in [9.17, 15) is 22.7 Å². The number of carbonyl (C=O) groups is 1.